The van der Waals surface area contributed by atoms with Crippen LogP contribution < -0.4 is 10.1 Å². The molecule has 0 bridgehead atoms. The van der Waals surface area contributed by atoms with Crippen molar-refractivity contribution in [2.45, 2.75) is 13.3 Å². The predicted octanol–water partition coefficient (Wildman–Crippen LogP) is 2.44. The summed E-state index contributed by atoms with van der Waals surface area (Å²) in [6, 6.07) is 5.08. The van der Waals surface area contributed by atoms with Crippen LogP contribution in [0.25, 0.3) is 0 Å². The molecule has 1 heterocycles. The van der Waals surface area contributed by atoms with E-state index < -0.39 is 4.92 Å². The van der Waals surface area contributed by atoms with Gasteiger partial charge in [-0.3, -0.25) is 10.1 Å². The van der Waals surface area contributed by atoms with Gasteiger partial charge in [0.15, 0.2) is 5.75 Å². The molecule has 0 spiro atoms. The molecular weight excluding hydrogens is 248 g/mol. The Morgan fingerprint density at radius 3 is 3.05 bits per heavy atom. The average molecular weight is 266 g/mol. The zero-order chi connectivity index (χ0) is 13.7. The van der Waals surface area contributed by atoms with Crippen molar-refractivity contribution in [2.24, 2.45) is 5.92 Å². The largest absolute Gasteiger partial charge is 0.486 e. The van der Waals surface area contributed by atoms with E-state index in [-0.39, 0.29) is 5.69 Å². The summed E-state index contributed by atoms with van der Waals surface area (Å²) in [6.45, 7) is 4.39. The molecule has 19 heavy (non-hydrogen) atoms. The first-order valence-corrected chi connectivity index (χ1v) is 6.44. The number of anilines is 1. The highest BCUT2D eigenvalue weighted by atomic mass is 16.6. The van der Waals surface area contributed by atoms with Crippen LogP contribution in [0.15, 0.2) is 18.2 Å². The lowest BCUT2D eigenvalue weighted by Crippen LogP contribution is -2.13. The first-order valence-electron chi connectivity index (χ1n) is 6.44. The zero-order valence-corrected chi connectivity index (χ0v) is 10.9. The zero-order valence-electron chi connectivity index (χ0n) is 10.9. The van der Waals surface area contributed by atoms with Crippen LogP contribution in [-0.2, 0) is 4.74 Å². The normalized spacial score (nSPS) is 18.3. The fourth-order valence-electron chi connectivity index (χ4n) is 2.08. The maximum Gasteiger partial charge on any atom is 0.333 e. The number of ether oxygens (including phenoxy) is 2. The van der Waals surface area contributed by atoms with Gasteiger partial charge in [-0.1, -0.05) is 6.07 Å². The van der Waals surface area contributed by atoms with E-state index in [1.165, 1.54) is 0 Å². The van der Waals surface area contributed by atoms with Crippen LogP contribution >= 0.6 is 0 Å². The third-order valence-electron chi connectivity index (χ3n) is 3.05. The smallest absolute Gasteiger partial charge is 0.333 e. The van der Waals surface area contributed by atoms with Crippen LogP contribution in [0.3, 0.4) is 0 Å². The van der Waals surface area contributed by atoms with Gasteiger partial charge in [0.05, 0.1) is 18.1 Å². The molecule has 1 aliphatic rings. The summed E-state index contributed by atoms with van der Waals surface area (Å²) in [5, 5.41) is 14.2. The lowest BCUT2D eigenvalue weighted by Gasteiger charge is -2.12. The van der Waals surface area contributed by atoms with Crippen molar-refractivity contribution in [2.75, 3.05) is 31.7 Å². The number of para-hydroxylation sites is 1. The number of hydrogen-bond donors (Lipinski definition) is 1. The second kappa shape index (κ2) is 6.38. The third-order valence-corrected chi connectivity index (χ3v) is 3.05. The Balaban J connectivity index is 2.13. The number of benzene rings is 1. The number of nitrogens with zero attached hydrogens (tertiary/aromatic N) is 1. The molecule has 1 saturated heterocycles. The van der Waals surface area contributed by atoms with Gasteiger partial charge in [-0.2, -0.15) is 0 Å². The highest BCUT2D eigenvalue weighted by molar-refractivity contribution is 5.68. The molecule has 0 amide bonds. The van der Waals surface area contributed by atoms with Gasteiger partial charge in [-0.25, -0.2) is 0 Å². The standard InChI is InChI=1S/C13H18N2O4/c1-2-14-11-4-3-5-12(13(11)15(16)17)19-9-10-6-7-18-8-10/h3-5,10,14H,2,6-9H2,1H3. The fourth-order valence-corrected chi connectivity index (χ4v) is 2.08. The number of nitro benzene ring substituents is 1. The van der Waals surface area contributed by atoms with Crippen molar-refractivity contribution in [3.05, 3.63) is 28.3 Å². The second-order valence-corrected chi connectivity index (χ2v) is 4.48. The number of hydrogen-bond acceptors (Lipinski definition) is 5. The van der Waals surface area contributed by atoms with Crippen molar-refractivity contribution < 1.29 is 14.4 Å². The van der Waals surface area contributed by atoms with E-state index in [0.717, 1.165) is 13.0 Å². The Bertz CT molecular complexity index is 444. The summed E-state index contributed by atoms with van der Waals surface area (Å²) in [5.41, 5.74) is 0.496. The highest BCUT2D eigenvalue weighted by Crippen LogP contribution is 2.35. The minimum absolute atomic E-state index is 0.00302. The summed E-state index contributed by atoms with van der Waals surface area (Å²) < 4.78 is 10.9. The maximum absolute atomic E-state index is 11.2. The van der Waals surface area contributed by atoms with E-state index in [4.69, 9.17) is 9.47 Å². The Morgan fingerprint density at radius 2 is 2.42 bits per heavy atom. The van der Waals surface area contributed by atoms with Gasteiger partial charge in [-0.05, 0) is 25.5 Å². The summed E-state index contributed by atoms with van der Waals surface area (Å²) in [4.78, 5) is 10.8. The first kappa shape index (κ1) is 13.6. The highest BCUT2D eigenvalue weighted by Gasteiger charge is 2.23. The fraction of sp³-hybridized carbons (Fsp3) is 0.538. The van der Waals surface area contributed by atoms with Gasteiger partial charge in [0.25, 0.3) is 0 Å². The van der Waals surface area contributed by atoms with Crippen LogP contribution in [-0.4, -0.2) is 31.3 Å². The quantitative estimate of drug-likeness (QED) is 0.632. The molecule has 104 valence electrons. The molecule has 0 aliphatic carbocycles. The Labute approximate surface area is 111 Å². The summed E-state index contributed by atoms with van der Waals surface area (Å²) in [7, 11) is 0. The van der Waals surface area contributed by atoms with E-state index >= 15 is 0 Å². The number of nitro groups is 1. The van der Waals surface area contributed by atoms with Gasteiger partial charge in [0, 0.05) is 19.1 Å². The molecule has 6 heteroatoms. The Morgan fingerprint density at radius 1 is 1.58 bits per heavy atom. The topological polar surface area (TPSA) is 73.6 Å². The van der Waals surface area contributed by atoms with Gasteiger partial charge in [-0.15, -0.1) is 0 Å². The molecule has 1 aliphatic heterocycles. The lowest BCUT2D eigenvalue weighted by atomic mass is 10.1. The first-order chi connectivity index (χ1) is 9.22. The van der Waals surface area contributed by atoms with Gasteiger partial charge in [0.2, 0.25) is 0 Å². The van der Waals surface area contributed by atoms with Gasteiger partial charge in [0.1, 0.15) is 5.69 Å². The van der Waals surface area contributed by atoms with Gasteiger partial charge < -0.3 is 14.8 Å². The number of nitrogens with one attached hydrogen (secondary N) is 1. The van der Waals surface area contributed by atoms with Crippen LogP contribution in [0.2, 0.25) is 0 Å². The SMILES string of the molecule is CCNc1cccc(OCC2CCOC2)c1[N+](=O)[O-]. The van der Waals surface area contributed by atoms with Crippen molar-refractivity contribution in [1.29, 1.82) is 0 Å². The summed E-state index contributed by atoms with van der Waals surface area (Å²) >= 11 is 0. The van der Waals surface area contributed by atoms with E-state index in [1.807, 2.05) is 6.92 Å². The predicted molar refractivity (Wildman–Crippen MR) is 71.7 cm³/mol. The van der Waals surface area contributed by atoms with E-state index in [2.05, 4.69) is 5.32 Å². The van der Waals surface area contributed by atoms with Crippen molar-refractivity contribution in [3.63, 3.8) is 0 Å². The van der Waals surface area contributed by atoms with Crippen LogP contribution in [0.5, 0.6) is 5.75 Å². The molecule has 0 aromatic heterocycles. The van der Waals surface area contributed by atoms with E-state index in [0.29, 0.717) is 37.1 Å². The molecule has 1 aromatic carbocycles. The molecule has 1 aromatic rings. The van der Waals surface area contributed by atoms with Crippen LogP contribution in [0.1, 0.15) is 13.3 Å². The van der Waals surface area contributed by atoms with Crippen LogP contribution in [0.4, 0.5) is 11.4 Å². The van der Waals surface area contributed by atoms with Crippen molar-refractivity contribution >= 4 is 11.4 Å². The monoisotopic (exact) mass is 266 g/mol. The minimum Gasteiger partial charge on any atom is -0.486 e. The van der Waals surface area contributed by atoms with E-state index in [1.54, 1.807) is 18.2 Å². The molecule has 1 N–H and O–H groups in total. The molecular formula is C13H18N2O4. The van der Waals surface area contributed by atoms with Crippen molar-refractivity contribution in [1.82, 2.24) is 0 Å². The number of rotatable bonds is 6. The van der Waals surface area contributed by atoms with Crippen molar-refractivity contribution in [3.8, 4) is 5.75 Å². The Kier molecular flexibility index (Phi) is 4.57. The summed E-state index contributed by atoms with van der Waals surface area (Å²) in [6.07, 6.45) is 0.945. The lowest BCUT2D eigenvalue weighted by molar-refractivity contribution is -0.385. The average Bonchev–Trinajstić information content (AvgIpc) is 2.89. The molecule has 1 atom stereocenters. The second-order valence-electron chi connectivity index (χ2n) is 4.48. The van der Waals surface area contributed by atoms with Crippen LogP contribution in [0, 0.1) is 16.0 Å². The van der Waals surface area contributed by atoms with E-state index in [9.17, 15) is 10.1 Å². The minimum atomic E-state index is -0.404. The molecule has 6 nitrogen and oxygen atoms in total. The third kappa shape index (κ3) is 3.35. The summed E-state index contributed by atoms with van der Waals surface area (Å²) in [5.74, 6) is 0.637. The maximum atomic E-state index is 11.2. The molecule has 0 radical (unpaired) electrons. The molecule has 1 unspecified atom stereocenters. The Hall–Kier alpha value is -1.82. The molecule has 0 saturated carbocycles. The molecule has 1 fully saturated rings. The van der Waals surface area contributed by atoms with Gasteiger partial charge >= 0.3 is 5.69 Å². The molecule has 2 rings (SSSR count).